The zero-order valence-corrected chi connectivity index (χ0v) is 9.96. The summed E-state index contributed by atoms with van der Waals surface area (Å²) < 4.78 is 0. The molecule has 0 saturated carbocycles. The molecule has 0 saturated heterocycles. The lowest BCUT2D eigenvalue weighted by Crippen LogP contribution is -2.27. The smallest absolute Gasteiger partial charge is 0.0750 e. The molecule has 1 rings (SSSR count). The quantitative estimate of drug-likeness (QED) is 0.551. The first kappa shape index (κ1) is 11.9. The van der Waals surface area contributed by atoms with Gasteiger partial charge in [0.25, 0.3) is 0 Å². The van der Waals surface area contributed by atoms with E-state index in [2.05, 4.69) is 35.7 Å². The predicted octanol–water partition coefficient (Wildman–Crippen LogP) is 3.41. The lowest BCUT2D eigenvalue weighted by atomic mass is 10.2. The second kappa shape index (κ2) is 6.36. The lowest BCUT2D eigenvalue weighted by Gasteiger charge is -2.22. The van der Waals surface area contributed by atoms with Gasteiger partial charge >= 0.3 is 0 Å². The number of hydrogen-bond donors (Lipinski definition) is 0. The molecular weight excluding hydrogens is 202 g/mol. The van der Waals surface area contributed by atoms with Crippen LogP contribution in [0, 0.1) is 0 Å². The van der Waals surface area contributed by atoms with Gasteiger partial charge in [-0.25, -0.2) is 0 Å². The van der Waals surface area contributed by atoms with E-state index in [1.54, 1.807) is 0 Å². The highest BCUT2D eigenvalue weighted by Gasteiger charge is 2.04. The van der Waals surface area contributed by atoms with E-state index in [1.807, 2.05) is 19.1 Å². The average Bonchev–Trinajstić information content (AvgIpc) is 2.25. The van der Waals surface area contributed by atoms with Crippen LogP contribution in [0.15, 0.2) is 43.0 Å². The molecule has 0 radical (unpaired) electrons. The van der Waals surface area contributed by atoms with Crippen molar-refractivity contribution in [2.24, 2.45) is 0 Å². The number of hydrogen-bond acceptors (Lipinski definition) is 1. The van der Waals surface area contributed by atoms with Crippen LogP contribution < -0.4 is 0 Å². The molecule has 0 atom stereocenters. The van der Waals surface area contributed by atoms with Gasteiger partial charge in [-0.2, -0.15) is 0 Å². The third-order valence-corrected chi connectivity index (χ3v) is 2.52. The molecule has 1 aromatic rings. The summed E-state index contributed by atoms with van der Waals surface area (Å²) in [5.74, 6) is 0. The molecule has 1 aromatic carbocycles. The van der Waals surface area contributed by atoms with Crippen molar-refractivity contribution < 1.29 is 0 Å². The molecule has 0 N–H and O–H groups in total. The van der Waals surface area contributed by atoms with Crippen LogP contribution in [0.5, 0.6) is 0 Å². The minimum absolute atomic E-state index is 0.893. The zero-order valence-electron chi connectivity index (χ0n) is 9.15. The Morgan fingerprint density at radius 1 is 1.40 bits per heavy atom. The average molecular weight is 219 g/mol. The SMILES string of the molecule is C=CCCN(Cc1ccccc1)C(C)=S. The lowest BCUT2D eigenvalue weighted by molar-refractivity contribution is 0.425. The first-order chi connectivity index (χ1) is 7.24. The second-order valence-corrected chi connectivity index (χ2v) is 4.09. The molecule has 0 aromatic heterocycles. The Morgan fingerprint density at radius 3 is 2.60 bits per heavy atom. The summed E-state index contributed by atoms with van der Waals surface area (Å²) in [6.07, 6.45) is 2.90. The van der Waals surface area contributed by atoms with Crippen molar-refractivity contribution in [3.63, 3.8) is 0 Å². The summed E-state index contributed by atoms with van der Waals surface area (Å²) >= 11 is 5.22. The topological polar surface area (TPSA) is 3.24 Å². The van der Waals surface area contributed by atoms with Crippen LogP contribution >= 0.6 is 12.2 Å². The number of benzene rings is 1. The first-order valence-corrected chi connectivity index (χ1v) is 5.55. The monoisotopic (exact) mass is 219 g/mol. The Bertz CT molecular complexity index is 319. The van der Waals surface area contributed by atoms with E-state index < -0.39 is 0 Å². The van der Waals surface area contributed by atoms with Crippen molar-refractivity contribution in [1.82, 2.24) is 4.90 Å². The highest BCUT2D eigenvalue weighted by molar-refractivity contribution is 7.80. The van der Waals surface area contributed by atoms with Crippen LogP contribution in [0.4, 0.5) is 0 Å². The fraction of sp³-hybridized carbons (Fsp3) is 0.308. The highest BCUT2D eigenvalue weighted by atomic mass is 32.1. The molecule has 0 aliphatic heterocycles. The third-order valence-electron chi connectivity index (χ3n) is 2.26. The highest BCUT2D eigenvalue weighted by Crippen LogP contribution is 2.06. The summed E-state index contributed by atoms with van der Waals surface area (Å²) in [5.41, 5.74) is 1.30. The standard InChI is InChI=1S/C13H17NS/c1-3-4-10-14(12(2)15)11-13-8-6-5-7-9-13/h3,5-9H,1,4,10-11H2,2H3. The summed E-state index contributed by atoms with van der Waals surface area (Å²) in [6.45, 7) is 7.55. The van der Waals surface area contributed by atoms with Crippen LogP contribution in [-0.2, 0) is 6.54 Å². The Labute approximate surface area is 97.4 Å². The van der Waals surface area contributed by atoms with Gasteiger partial charge in [0.2, 0.25) is 0 Å². The van der Waals surface area contributed by atoms with Crippen LogP contribution in [0.25, 0.3) is 0 Å². The van der Waals surface area contributed by atoms with Crippen LogP contribution in [-0.4, -0.2) is 16.4 Å². The van der Waals surface area contributed by atoms with Gasteiger partial charge in [-0.1, -0.05) is 48.6 Å². The van der Waals surface area contributed by atoms with Crippen LogP contribution in [0.3, 0.4) is 0 Å². The zero-order chi connectivity index (χ0) is 11.1. The maximum Gasteiger partial charge on any atom is 0.0750 e. The van der Waals surface area contributed by atoms with Gasteiger partial charge in [-0.15, -0.1) is 6.58 Å². The summed E-state index contributed by atoms with van der Waals surface area (Å²) in [4.78, 5) is 3.15. The normalized spacial score (nSPS) is 9.67. The number of nitrogens with zero attached hydrogens (tertiary/aromatic N) is 1. The number of thiocarbonyl (C=S) groups is 1. The molecule has 80 valence electrons. The van der Waals surface area contributed by atoms with Gasteiger partial charge in [0.15, 0.2) is 0 Å². The minimum Gasteiger partial charge on any atom is -0.362 e. The third kappa shape index (κ3) is 4.26. The fourth-order valence-electron chi connectivity index (χ4n) is 1.40. The fourth-order valence-corrected chi connectivity index (χ4v) is 1.55. The summed E-state index contributed by atoms with van der Waals surface area (Å²) in [6, 6.07) is 10.4. The van der Waals surface area contributed by atoms with Crippen molar-refractivity contribution in [2.45, 2.75) is 19.9 Å². The Kier molecular flexibility index (Phi) is 5.05. The summed E-state index contributed by atoms with van der Waals surface area (Å²) in [5, 5.41) is 0. The molecule has 0 aliphatic rings. The van der Waals surface area contributed by atoms with Crippen molar-refractivity contribution in [3.05, 3.63) is 48.6 Å². The van der Waals surface area contributed by atoms with E-state index >= 15 is 0 Å². The summed E-state index contributed by atoms with van der Waals surface area (Å²) in [7, 11) is 0. The van der Waals surface area contributed by atoms with Gasteiger partial charge < -0.3 is 4.90 Å². The van der Waals surface area contributed by atoms with Gasteiger partial charge in [-0.3, -0.25) is 0 Å². The van der Waals surface area contributed by atoms with Crippen molar-refractivity contribution in [2.75, 3.05) is 6.54 Å². The minimum atomic E-state index is 0.893. The molecule has 2 heteroatoms. The first-order valence-electron chi connectivity index (χ1n) is 5.14. The van der Waals surface area contributed by atoms with Gasteiger partial charge in [-0.05, 0) is 18.9 Å². The maximum atomic E-state index is 5.22. The second-order valence-electron chi connectivity index (χ2n) is 3.50. The predicted molar refractivity (Wildman–Crippen MR) is 69.9 cm³/mol. The van der Waals surface area contributed by atoms with Gasteiger partial charge in [0.05, 0.1) is 4.99 Å². The van der Waals surface area contributed by atoms with E-state index in [1.165, 1.54) is 5.56 Å². The van der Waals surface area contributed by atoms with Crippen LogP contribution in [0.2, 0.25) is 0 Å². The molecule has 0 spiro atoms. The van der Waals surface area contributed by atoms with E-state index in [9.17, 15) is 0 Å². The molecule has 0 unspecified atom stereocenters. The van der Waals surface area contributed by atoms with Crippen molar-refractivity contribution in [3.8, 4) is 0 Å². The van der Waals surface area contributed by atoms with E-state index in [-0.39, 0.29) is 0 Å². The molecule has 1 nitrogen and oxygen atoms in total. The maximum absolute atomic E-state index is 5.22. The van der Waals surface area contributed by atoms with Gasteiger partial charge in [0.1, 0.15) is 0 Å². The molecule has 0 fully saturated rings. The van der Waals surface area contributed by atoms with Gasteiger partial charge in [0, 0.05) is 13.1 Å². The molecule has 15 heavy (non-hydrogen) atoms. The molecule has 0 aliphatic carbocycles. The molecule has 0 amide bonds. The molecular formula is C13H17NS. The largest absolute Gasteiger partial charge is 0.362 e. The number of rotatable bonds is 5. The van der Waals surface area contributed by atoms with Crippen molar-refractivity contribution >= 4 is 17.2 Å². The molecule has 0 heterocycles. The van der Waals surface area contributed by atoms with Crippen LogP contribution in [0.1, 0.15) is 18.9 Å². The Hall–Kier alpha value is -1.15. The molecule has 0 bridgehead atoms. The van der Waals surface area contributed by atoms with E-state index in [0.29, 0.717) is 0 Å². The van der Waals surface area contributed by atoms with Crippen molar-refractivity contribution in [1.29, 1.82) is 0 Å². The van der Waals surface area contributed by atoms with E-state index in [4.69, 9.17) is 12.2 Å². The Balaban J connectivity index is 2.58. The Morgan fingerprint density at radius 2 is 2.07 bits per heavy atom. The van der Waals surface area contributed by atoms with E-state index in [0.717, 1.165) is 24.5 Å².